The number of anilines is 2. The SMILES string of the molecule is CC(=O)Nc1ccc(NC(=O)C2(c3ccccc3)CCOCC2)cc1. The van der Waals surface area contributed by atoms with E-state index in [9.17, 15) is 9.59 Å². The first-order valence-electron chi connectivity index (χ1n) is 8.42. The lowest BCUT2D eigenvalue weighted by Crippen LogP contribution is -2.44. The minimum Gasteiger partial charge on any atom is -0.381 e. The molecular formula is C20H22N2O3. The molecule has 0 atom stereocenters. The van der Waals surface area contributed by atoms with Crippen LogP contribution >= 0.6 is 0 Å². The van der Waals surface area contributed by atoms with Gasteiger partial charge in [-0.15, -0.1) is 0 Å². The number of nitrogens with one attached hydrogen (secondary N) is 2. The van der Waals surface area contributed by atoms with Crippen molar-refractivity contribution in [3.63, 3.8) is 0 Å². The van der Waals surface area contributed by atoms with Crippen molar-refractivity contribution in [2.24, 2.45) is 0 Å². The van der Waals surface area contributed by atoms with Gasteiger partial charge in [-0.1, -0.05) is 30.3 Å². The highest BCUT2D eigenvalue weighted by Gasteiger charge is 2.41. The summed E-state index contributed by atoms with van der Waals surface area (Å²) in [6.45, 7) is 2.61. The number of hydrogen-bond donors (Lipinski definition) is 2. The van der Waals surface area contributed by atoms with Gasteiger partial charge in [0.25, 0.3) is 0 Å². The number of carbonyl (C=O) groups excluding carboxylic acids is 2. The van der Waals surface area contributed by atoms with Gasteiger partial charge in [0.2, 0.25) is 11.8 Å². The molecule has 0 spiro atoms. The van der Waals surface area contributed by atoms with Crippen LogP contribution in [-0.2, 0) is 19.7 Å². The maximum Gasteiger partial charge on any atom is 0.235 e. The van der Waals surface area contributed by atoms with Crippen LogP contribution in [0, 0.1) is 0 Å². The van der Waals surface area contributed by atoms with E-state index in [-0.39, 0.29) is 11.8 Å². The molecule has 1 aliphatic rings. The molecule has 5 nitrogen and oxygen atoms in total. The standard InChI is InChI=1S/C20H22N2O3/c1-15(23)21-17-7-9-18(10-8-17)22-19(24)20(11-13-25-14-12-20)16-5-3-2-4-6-16/h2-10H,11-14H2,1H3,(H,21,23)(H,22,24). The molecule has 2 aromatic rings. The third kappa shape index (κ3) is 3.88. The van der Waals surface area contributed by atoms with Gasteiger partial charge < -0.3 is 15.4 Å². The molecule has 0 radical (unpaired) electrons. The quantitative estimate of drug-likeness (QED) is 0.898. The summed E-state index contributed by atoms with van der Waals surface area (Å²) in [6, 6.07) is 17.0. The first-order chi connectivity index (χ1) is 12.1. The molecule has 1 fully saturated rings. The van der Waals surface area contributed by atoms with Crippen LogP contribution < -0.4 is 10.6 Å². The highest BCUT2D eigenvalue weighted by molar-refractivity contribution is 5.99. The number of benzene rings is 2. The summed E-state index contributed by atoms with van der Waals surface area (Å²) in [4.78, 5) is 24.2. The Morgan fingerprint density at radius 3 is 2.00 bits per heavy atom. The summed E-state index contributed by atoms with van der Waals surface area (Å²) in [7, 11) is 0. The molecule has 2 aromatic carbocycles. The zero-order valence-electron chi connectivity index (χ0n) is 14.2. The minimum absolute atomic E-state index is 0.0192. The second kappa shape index (κ2) is 7.49. The molecular weight excluding hydrogens is 316 g/mol. The fourth-order valence-corrected chi connectivity index (χ4v) is 3.21. The Balaban J connectivity index is 1.80. The topological polar surface area (TPSA) is 67.4 Å². The van der Waals surface area contributed by atoms with E-state index in [2.05, 4.69) is 10.6 Å². The van der Waals surface area contributed by atoms with Crippen LogP contribution in [-0.4, -0.2) is 25.0 Å². The highest BCUT2D eigenvalue weighted by atomic mass is 16.5. The van der Waals surface area contributed by atoms with Crippen LogP contribution in [0.5, 0.6) is 0 Å². The number of ether oxygens (including phenoxy) is 1. The zero-order chi connectivity index (χ0) is 17.7. The van der Waals surface area contributed by atoms with Gasteiger partial charge in [0.15, 0.2) is 0 Å². The van der Waals surface area contributed by atoms with E-state index in [1.54, 1.807) is 24.3 Å². The lowest BCUT2D eigenvalue weighted by Gasteiger charge is -2.36. The van der Waals surface area contributed by atoms with Crippen LogP contribution in [0.3, 0.4) is 0 Å². The first kappa shape index (κ1) is 17.2. The zero-order valence-corrected chi connectivity index (χ0v) is 14.2. The third-order valence-electron chi connectivity index (χ3n) is 4.57. The average Bonchev–Trinajstić information content (AvgIpc) is 2.64. The van der Waals surface area contributed by atoms with Crippen LogP contribution in [0.4, 0.5) is 11.4 Å². The normalized spacial score (nSPS) is 16.0. The van der Waals surface area contributed by atoms with E-state index in [1.165, 1.54) is 6.92 Å². The molecule has 25 heavy (non-hydrogen) atoms. The summed E-state index contributed by atoms with van der Waals surface area (Å²) in [5, 5.41) is 5.74. The summed E-state index contributed by atoms with van der Waals surface area (Å²) < 4.78 is 5.48. The minimum atomic E-state index is -0.574. The van der Waals surface area contributed by atoms with Gasteiger partial charge in [-0.3, -0.25) is 9.59 Å². The van der Waals surface area contributed by atoms with Crippen molar-refractivity contribution < 1.29 is 14.3 Å². The predicted octanol–water partition coefficient (Wildman–Crippen LogP) is 3.33. The Morgan fingerprint density at radius 1 is 0.880 bits per heavy atom. The number of amides is 2. The van der Waals surface area contributed by atoms with Crippen molar-refractivity contribution in [1.29, 1.82) is 0 Å². The van der Waals surface area contributed by atoms with Crippen LogP contribution in [0.2, 0.25) is 0 Å². The van der Waals surface area contributed by atoms with Gasteiger partial charge in [-0.05, 0) is 42.7 Å². The fraction of sp³-hybridized carbons (Fsp3) is 0.300. The Hall–Kier alpha value is -2.66. The van der Waals surface area contributed by atoms with Gasteiger partial charge >= 0.3 is 0 Å². The monoisotopic (exact) mass is 338 g/mol. The van der Waals surface area contributed by atoms with Crippen molar-refractivity contribution in [3.05, 3.63) is 60.2 Å². The van der Waals surface area contributed by atoms with E-state index >= 15 is 0 Å². The number of rotatable bonds is 4. The molecule has 1 saturated heterocycles. The molecule has 0 unspecified atom stereocenters. The van der Waals surface area contributed by atoms with Gasteiger partial charge in [-0.2, -0.15) is 0 Å². The molecule has 2 N–H and O–H groups in total. The summed E-state index contributed by atoms with van der Waals surface area (Å²) in [6.07, 6.45) is 1.32. The number of carbonyl (C=O) groups is 2. The van der Waals surface area contributed by atoms with Crippen LogP contribution in [0.1, 0.15) is 25.3 Å². The molecule has 0 saturated carbocycles. The molecule has 1 heterocycles. The second-order valence-corrected chi connectivity index (χ2v) is 6.27. The van der Waals surface area contributed by atoms with E-state index in [4.69, 9.17) is 4.74 Å². The van der Waals surface area contributed by atoms with E-state index < -0.39 is 5.41 Å². The first-order valence-corrected chi connectivity index (χ1v) is 8.42. The molecule has 1 aliphatic heterocycles. The molecule has 2 amide bonds. The van der Waals surface area contributed by atoms with Crippen molar-refractivity contribution >= 4 is 23.2 Å². The predicted molar refractivity (Wildman–Crippen MR) is 97.5 cm³/mol. The lowest BCUT2D eigenvalue weighted by atomic mass is 9.73. The Kier molecular flexibility index (Phi) is 5.14. The average molecular weight is 338 g/mol. The highest BCUT2D eigenvalue weighted by Crippen LogP contribution is 2.36. The molecule has 130 valence electrons. The summed E-state index contributed by atoms with van der Waals surface area (Å²) >= 11 is 0. The second-order valence-electron chi connectivity index (χ2n) is 6.27. The summed E-state index contributed by atoms with van der Waals surface area (Å²) in [5.74, 6) is -0.142. The van der Waals surface area contributed by atoms with Gasteiger partial charge in [-0.25, -0.2) is 0 Å². The van der Waals surface area contributed by atoms with Crippen molar-refractivity contribution in [3.8, 4) is 0 Å². The third-order valence-corrected chi connectivity index (χ3v) is 4.57. The summed E-state index contributed by atoms with van der Waals surface area (Å²) in [5.41, 5.74) is 1.86. The lowest BCUT2D eigenvalue weighted by molar-refractivity contribution is -0.125. The maximum absolute atomic E-state index is 13.1. The molecule has 0 bridgehead atoms. The smallest absolute Gasteiger partial charge is 0.235 e. The van der Waals surface area contributed by atoms with Gasteiger partial charge in [0, 0.05) is 31.5 Å². The Labute approximate surface area is 147 Å². The van der Waals surface area contributed by atoms with Crippen LogP contribution in [0.15, 0.2) is 54.6 Å². The van der Waals surface area contributed by atoms with Gasteiger partial charge in [0.1, 0.15) is 0 Å². The van der Waals surface area contributed by atoms with Crippen molar-refractivity contribution in [1.82, 2.24) is 0 Å². The maximum atomic E-state index is 13.1. The van der Waals surface area contributed by atoms with E-state index in [0.717, 1.165) is 5.56 Å². The Morgan fingerprint density at radius 2 is 1.44 bits per heavy atom. The van der Waals surface area contributed by atoms with E-state index in [1.807, 2.05) is 30.3 Å². The largest absolute Gasteiger partial charge is 0.381 e. The Bertz CT molecular complexity index is 735. The molecule has 3 rings (SSSR count). The number of hydrogen-bond acceptors (Lipinski definition) is 3. The van der Waals surface area contributed by atoms with E-state index in [0.29, 0.717) is 37.4 Å². The molecule has 0 aromatic heterocycles. The van der Waals surface area contributed by atoms with Crippen LogP contribution in [0.25, 0.3) is 0 Å². The molecule has 0 aliphatic carbocycles. The molecule has 5 heteroatoms. The van der Waals surface area contributed by atoms with Gasteiger partial charge in [0.05, 0.1) is 5.41 Å². The fourth-order valence-electron chi connectivity index (χ4n) is 3.21. The van der Waals surface area contributed by atoms with Crippen molar-refractivity contribution in [2.45, 2.75) is 25.2 Å². The van der Waals surface area contributed by atoms with Crippen molar-refractivity contribution in [2.75, 3.05) is 23.8 Å².